The van der Waals surface area contributed by atoms with Crippen LogP contribution in [0.3, 0.4) is 0 Å². The topological polar surface area (TPSA) is 46.5 Å². The Bertz CT molecular complexity index is 346. The first kappa shape index (κ1) is 11.7. The molecule has 0 aromatic carbocycles. The number of carbonyl (C=O) groups excluding carboxylic acids is 1. The van der Waals surface area contributed by atoms with Crippen molar-refractivity contribution in [3.63, 3.8) is 0 Å². The SMILES string of the molecule is CC(=O)OC1=CC=C(C(C)O)CC=C1C. The molecule has 1 unspecified atom stereocenters. The molecular formula is C12H16O3. The fourth-order valence-corrected chi connectivity index (χ4v) is 1.33. The van der Waals surface area contributed by atoms with Crippen LogP contribution in [0, 0.1) is 0 Å². The van der Waals surface area contributed by atoms with Gasteiger partial charge in [0, 0.05) is 6.92 Å². The Morgan fingerprint density at radius 1 is 1.53 bits per heavy atom. The summed E-state index contributed by atoms with van der Waals surface area (Å²) in [6, 6.07) is 0. The van der Waals surface area contributed by atoms with Crippen LogP contribution in [0.2, 0.25) is 0 Å². The van der Waals surface area contributed by atoms with Crippen molar-refractivity contribution in [2.75, 3.05) is 0 Å². The molecule has 0 spiro atoms. The van der Waals surface area contributed by atoms with Crippen molar-refractivity contribution in [2.24, 2.45) is 0 Å². The second kappa shape index (κ2) is 4.94. The molecule has 0 amide bonds. The van der Waals surface area contributed by atoms with Crippen molar-refractivity contribution in [3.05, 3.63) is 35.1 Å². The van der Waals surface area contributed by atoms with E-state index >= 15 is 0 Å². The van der Waals surface area contributed by atoms with Crippen LogP contribution in [0.25, 0.3) is 0 Å². The maximum absolute atomic E-state index is 10.8. The Hall–Kier alpha value is -1.35. The minimum absolute atomic E-state index is 0.331. The summed E-state index contributed by atoms with van der Waals surface area (Å²) >= 11 is 0. The molecule has 82 valence electrons. The Labute approximate surface area is 89.7 Å². The third-order valence-corrected chi connectivity index (χ3v) is 2.27. The molecule has 0 aromatic rings. The Morgan fingerprint density at radius 2 is 2.20 bits per heavy atom. The van der Waals surface area contributed by atoms with Crippen LogP contribution in [-0.4, -0.2) is 17.2 Å². The molecule has 1 N–H and O–H groups in total. The van der Waals surface area contributed by atoms with E-state index in [1.54, 1.807) is 19.1 Å². The van der Waals surface area contributed by atoms with Crippen LogP contribution in [0.4, 0.5) is 0 Å². The van der Waals surface area contributed by atoms with Gasteiger partial charge in [-0.15, -0.1) is 0 Å². The highest BCUT2D eigenvalue weighted by Gasteiger charge is 2.10. The summed E-state index contributed by atoms with van der Waals surface area (Å²) in [5, 5.41) is 9.42. The van der Waals surface area contributed by atoms with Gasteiger partial charge in [0.05, 0.1) is 6.10 Å². The monoisotopic (exact) mass is 208 g/mol. The Kier molecular flexibility index (Phi) is 3.86. The van der Waals surface area contributed by atoms with Crippen LogP contribution >= 0.6 is 0 Å². The molecular weight excluding hydrogens is 192 g/mol. The van der Waals surface area contributed by atoms with Crippen LogP contribution in [0.5, 0.6) is 0 Å². The zero-order valence-electron chi connectivity index (χ0n) is 9.28. The number of esters is 1. The highest BCUT2D eigenvalue weighted by Crippen LogP contribution is 2.20. The summed E-state index contributed by atoms with van der Waals surface area (Å²) in [6.07, 6.45) is 5.69. The minimum Gasteiger partial charge on any atom is -0.426 e. The highest BCUT2D eigenvalue weighted by atomic mass is 16.5. The lowest BCUT2D eigenvalue weighted by molar-refractivity contribution is -0.136. The first-order valence-electron chi connectivity index (χ1n) is 4.95. The van der Waals surface area contributed by atoms with Gasteiger partial charge in [-0.1, -0.05) is 12.2 Å². The third kappa shape index (κ3) is 3.36. The van der Waals surface area contributed by atoms with Crippen LogP contribution in [0.1, 0.15) is 27.2 Å². The molecule has 0 bridgehead atoms. The number of aliphatic hydroxyl groups is 1. The van der Waals surface area contributed by atoms with E-state index in [-0.39, 0.29) is 5.97 Å². The molecule has 1 atom stereocenters. The number of aliphatic hydroxyl groups excluding tert-OH is 1. The second-order valence-corrected chi connectivity index (χ2v) is 3.63. The predicted octanol–water partition coefficient (Wildman–Crippen LogP) is 2.09. The summed E-state index contributed by atoms with van der Waals surface area (Å²) in [7, 11) is 0. The molecule has 0 fully saturated rings. The van der Waals surface area contributed by atoms with Crippen molar-refractivity contribution < 1.29 is 14.6 Å². The molecule has 0 aliphatic heterocycles. The van der Waals surface area contributed by atoms with Crippen LogP contribution in [-0.2, 0) is 9.53 Å². The smallest absolute Gasteiger partial charge is 0.308 e. The maximum Gasteiger partial charge on any atom is 0.308 e. The van der Waals surface area contributed by atoms with Gasteiger partial charge in [-0.3, -0.25) is 4.79 Å². The number of carbonyl (C=O) groups is 1. The number of ether oxygens (including phenoxy) is 1. The van der Waals surface area contributed by atoms with Crippen molar-refractivity contribution >= 4 is 5.97 Å². The van der Waals surface area contributed by atoms with Gasteiger partial charge in [0.1, 0.15) is 5.76 Å². The number of hydrogen-bond donors (Lipinski definition) is 1. The second-order valence-electron chi connectivity index (χ2n) is 3.63. The fourth-order valence-electron chi connectivity index (χ4n) is 1.33. The van der Waals surface area contributed by atoms with Gasteiger partial charge in [0.2, 0.25) is 0 Å². The summed E-state index contributed by atoms with van der Waals surface area (Å²) < 4.78 is 5.04. The normalized spacial score (nSPS) is 18.3. The third-order valence-electron chi connectivity index (χ3n) is 2.27. The lowest BCUT2D eigenvalue weighted by Crippen LogP contribution is -2.02. The molecule has 15 heavy (non-hydrogen) atoms. The molecule has 0 heterocycles. The summed E-state index contributed by atoms with van der Waals surface area (Å²) in [5.74, 6) is 0.223. The van der Waals surface area contributed by atoms with E-state index in [4.69, 9.17) is 4.74 Å². The fraction of sp³-hybridized carbons (Fsp3) is 0.417. The molecule has 1 aliphatic rings. The number of rotatable bonds is 2. The standard InChI is InChI=1S/C12H16O3/c1-8-4-5-11(9(2)13)6-7-12(8)15-10(3)14/h4,6-7,9,13H,5H2,1-3H3. The van der Waals surface area contributed by atoms with E-state index < -0.39 is 6.10 Å². The molecule has 3 heteroatoms. The van der Waals surface area contributed by atoms with Crippen molar-refractivity contribution in [1.82, 2.24) is 0 Å². The number of allylic oxidation sites excluding steroid dienone is 4. The Morgan fingerprint density at radius 3 is 2.73 bits per heavy atom. The molecule has 1 aliphatic carbocycles. The first-order valence-corrected chi connectivity index (χ1v) is 4.95. The zero-order valence-corrected chi connectivity index (χ0v) is 9.28. The van der Waals surface area contributed by atoms with Gasteiger partial charge in [-0.25, -0.2) is 0 Å². The molecule has 1 rings (SSSR count). The minimum atomic E-state index is -0.470. The summed E-state index contributed by atoms with van der Waals surface area (Å²) in [5.41, 5.74) is 1.83. The van der Waals surface area contributed by atoms with E-state index in [9.17, 15) is 9.90 Å². The molecule has 0 aromatic heterocycles. The largest absolute Gasteiger partial charge is 0.426 e. The molecule has 0 radical (unpaired) electrons. The van der Waals surface area contributed by atoms with E-state index in [1.807, 2.05) is 13.0 Å². The highest BCUT2D eigenvalue weighted by molar-refractivity contribution is 5.68. The summed E-state index contributed by atoms with van der Waals surface area (Å²) in [4.78, 5) is 10.8. The van der Waals surface area contributed by atoms with E-state index in [0.29, 0.717) is 12.2 Å². The van der Waals surface area contributed by atoms with Gasteiger partial charge in [-0.2, -0.15) is 0 Å². The van der Waals surface area contributed by atoms with Crippen LogP contribution in [0.15, 0.2) is 35.1 Å². The average molecular weight is 208 g/mol. The Balaban J connectivity index is 2.90. The number of hydrogen-bond acceptors (Lipinski definition) is 3. The lowest BCUT2D eigenvalue weighted by atomic mass is 10.1. The quantitative estimate of drug-likeness (QED) is 0.707. The lowest BCUT2D eigenvalue weighted by Gasteiger charge is -2.05. The molecule has 0 saturated heterocycles. The van der Waals surface area contributed by atoms with E-state index in [0.717, 1.165) is 11.1 Å². The van der Waals surface area contributed by atoms with Crippen molar-refractivity contribution in [3.8, 4) is 0 Å². The van der Waals surface area contributed by atoms with Gasteiger partial charge < -0.3 is 9.84 Å². The maximum atomic E-state index is 10.8. The average Bonchev–Trinajstić information content (AvgIpc) is 2.29. The van der Waals surface area contributed by atoms with Crippen LogP contribution < -0.4 is 0 Å². The van der Waals surface area contributed by atoms with E-state index in [1.165, 1.54) is 6.92 Å². The van der Waals surface area contributed by atoms with Gasteiger partial charge >= 0.3 is 5.97 Å². The van der Waals surface area contributed by atoms with Gasteiger partial charge in [0.15, 0.2) is 0 Å². The summed E-state index contributed by atoms with van der Waals surface area (Å²) in [6.45, 7) is 4.98. The van der Waals surface area contributed by atoms with Gasteiger partial charge in [-0.05, 0) is 37.5 Å². The zero-order chi connectivity index (χ0) is 11.4. The van der Waals surface area contributed by atoms with Crippen molar-refractivity contribution in [1.29, 1.82) is 0 Å². The van der Waals surface area contributed by atoms with Gasteiger partial charge in [0.25, 0.3) is 0 Å². The van der Waals surface area contributed by atoms with Crippen molar-refractivity contribution in [2.45, 2.75) is 33.3 Å². The molecule has 3 nitrogen and oxygen atoms in total. The first-order chi connectivity index (χ1) is 7.00. The van der Waals surface area contributed by atoms with E-state index in [2.05, 4.69) is 0 Å². The molecule has 0 saturated carbocycles. The predicted molar refractivity (Wildman–Crippen MR) is 58.0 cm³/mol.